The first-order valence-electron chi connectivity index (χ1n) is 19.1. The van der Waals surface area contributed by atoms with E-state index in [0.29, 0.717) is 29.4 Å². The zero-order valence-electron chi connectivity index (χ0n) is 33.2. The number of allylic oxidation sites excluding steroid dienone is 4. The minimum Gasteiger partial charge on any atom is -0.507 e. The van der Waals surface area contributed by atoms with E-state index in [2.05, 4.69) is 33.8 Å². The molecule has 286 valence electrons. The third kappa shape index (κ3) is 5.86. The molecule has 8 heteroatoms. The maximum absolute atomic E-state index is 12.3. The molecular formula is C45H58O8. The van der Waals surface area contributed by atoms with E-state index in [4.69, 9.17) is 9.15 Å². The normalized spacial score (nSPS) is 31.4. The van der Waals surface area contributed by atoms with Gasteiger partial charge < -0.3 is 29.6 Å². The van der Waals surface area contributed by atoms with Gasteiger partial charge in [-0.2, -0.15) is 0 Å². The van der Waals surface area contributed by atoms with E-state index in [-0.39, 0.29) is 49.7 Å². The molecule has 6 unspecified atom stereocenters. The lowest BCUT2D eigenvalue weighted by atomic mass is 9.34. The lowest BCUT2D eigenvalue weighted by molar-refractivity contribution is -0.177. The maximum atomic E-state index is 12.3. The molecule has 1 heterocycles. The zero-order chi connectivity index (χ0) is 39.1. The maximum Gasteiger partial charge on any atom is 0.309 e. The summed E-state index contributed by atoms with van der Waals surface area (Å²) in [6, 6.07) is 4.65. The van der Waals surface area contributed by atoms with Crippen molar-refractivity contribution >= 4 is 16.9 Å². The number of hydrogen-bond acceptors (Lipinski definition) is 7. The molecule has 4 aliphatic rings. The fourth-order valence-electron chi connectivity index (χ4n) is 11.0. The number of fused-ring (bicyclic) bond motifs is 8. The van der Waals surface area contributed by atoms with Gasteiger partial charge in [0.1, 0.15) is 28.2 Å². The summed E-state index contributed by atoms with van der Waals surface area (Å²) in [6.45, 7) is 19.2. The lowest BCUT2D eigenvalue weighted by Gasteiger charge is -2.69. The van der Waals surface area contributed by atoms with Crippen LogP contribution in [-0.4, -0.2) is 33.5 Å². The molecule has 8 nitrogen and oxygen atoms in total. The standard InChI is InChI=1S/C29H40O4.C16H18O4/c1-17-18-7-8-21-27(4,19(18)15-20(30)23(17)31)12-14-29(6)22-16-26(3,24(32)33)10-9-25(22,2)11-13-28(21,29)5;1-9(2)5-6-11-14(19-4)8-13(18)15-12(17)7-10(3)20-16(11)15/h8,15,22,30-31H,7,9-14,16H2,1-6H3,(H,32,33);5,7-8,18H,6H2,1-4H3. The predicted octanol–water partition coefficient (Wildman–Crippen LogP) is 9.97. The largest absolute Gasteiger partial charge is 0.507 e. The van der Waals surface area contributed by atoms with Crippen LogP contribution in [0.25, 0.3) is 11.0 Å². The van der Waals surface area contributed by atoms with Crippen molar-refractivity contribution in [2.24, 2.45) is 27.6 Å². The van der Waals surface area contributed by atoms with Gasteiger partial charge in [-0.05, 0) is 137 Å². The fourth-order valence-corrected chi connectivity index (χ4v) is 11.0. The van der Waals surface area contributed by atoms with Crippen molar-refractivity contribution in [3.8, 4) is 23.0 Å². The van der Waals surface area contributed by atoms with E-state index in [1.165, 1.54) is 30.4 Å². The summed E-state index contributed by atoms with van der Waals surface area (Å²) < 4.78 is 11.0. The number of hydrogen-bond donors (Lipinski definition) is 4. The molecule has 2 aromatic carbocycles. The van der Waals surface area contributed by atoms with Crippen LogP contribution in [0, 0.1) is 41.4 Å². The number of aryl methyl sites for hydroxylation is 1. The Balaban J connectivity index is 0.000000206. The molecule has 6 atom stereocenters. The van der Waals surface area contributed by atoms with Crippen molar-refractivity contribution in [3.05, 3.63) is 79.7 Å². The molecule has 0 spiro atoms. The second-order valence-corrected chi connectivity index (χ2v) is 18.1. The lowest BCUT2D eigenvalue weighted by Crippen LogP contribution is -2.62. The second-order valence-electron chi connectivity index (χ2n) is 18.1. The Kier molecular flexibility index (Phi) is 9.44. The highest BCUT2D eigenvalue weighted by Gasteiger charge is 2.67. The van der Waals surface area contributed by atoms with E-state index in [1.807, 2.05) is 39.8 Å². The number of aliphatic carboxylic acids is 1. The smallest absolute Gasteiger partial charge is 0.309 e. The molecular weight excluding hydrogens is 668 g/mol. The monoisotopic (exact) mass is 726 g/mol. The van der Waals surface area contributed by atoms with E-state index >= 15 is 0 Å². The molecule has 0 amide bonds. The second kappa shape index (κ2) is 13.0. The van der Waals surface area contributed by atoms with Crippen molar-refractivity contribution in [3.63, 3.8) is 0 Å². The molecule has 3 aromatic rings. The van der Waals surface area contributed by atoms with Gasteiger partial charge in [-0.1, -0.05) is 51.0 Å². The summed E-state index contributed by atoms with van der Waals surface area (Å²) in [5.41, 5.74) is 6.07. The Morgan fingerprint density at radius 2 is 1.62 bits per heavy atom. The van der Waals surface area contributed by atoms with Crippen molar-refractivity contribution < 1.29 is 34.4 Å². The number of methoxy groups -OCH3 is 1. The van der Waals surface area contributed by atoms with E-state index in [9.17, 15) is 30.0 Å². The minimum absolute atomic E-state index is 0.00431. The van der Waals surface area contributed by atoms with Crippen LogP contribution in [0.5, 0.6) is 23.0 Å². The number of phenols is 3. The molecule has 3 fully saturated rings. The quantitative estimate of drug-likeness (QED) is 0.154. The number of aromatic hydroxyl groups is 3. The van der Waals surface area contributed by atoms with E-state index < -0.39 is 11.4 Å². The van der Waals surface area contributed by atoms with Gasteiger partial charge in [0, 0.05) is 23.1 Å². The number of carboxylic acid groups (broad SMARTS) is 1. The van der Waals surface area contributed by atoms with Crippen LogP contribution < -0.4 is 10.2 Å². The summed E-state index contributed by atoms with van der Waals surface area (Å²) in [7, 11) is 1.53. The van der Waals surface area contributed by atoms with Gasteiger partial charge in [0.25, 0.3) is 0 Å². The molecule has 0 bridgehead atoms. The highest BCUT2D eigenvalue weighted by Crippen LogP contribution is 2.74. The van der Waals surface area contributed by atoms with E-state index in [0.717, 1.165) is 73.6 Å². The number of carbonyl (C=O) groups is 1. The topological polar surface area (TPSA) is 137 Å². The average Bonchev–Trinajstić information content (AvgIpc) is 3.08. The van der Waals surface area contributed by atoms with Crippen LogP contribution in [0.15, 0.2) is 50.7 Å². The van der Waals surface area contributed by atoms with Gasteiger partial charge in [-0.15, -0.1) is 0 Å². The first-order chi connectivity index (χ1) is 24.7. The third-order valence-electron chi connectivity index (χ3n) is 14.7. The highest BCUT2D eigenvalue weighted by atomic mass is 16.5. The summed E-state index contributed by atoms with van der Waals surface area (Å²) >= 11 is 0. The van der Waals surface area contributed by atoms with Crippen molar-refractivity contribution in [2.75, 3.05) is 7.11 Å². The van der Waals surface area contributed by atoms with Gasteiger partial charge in [0.2, 0.25) is 0 Å². The SMILES string of the molecule is COc1cc(O)c2c(=O)cc(C)oc2c1CC=C(C)C.Cc1c(O)c(O)cc2c1CC=C1C2(C)CCC2(C)C3CC(C)(C(=O)O)CCC3(C)CCC12C. The Bertz CT molecular complexity index is 2120. The van der Waals surface area contributed by atoms with Gasteiger partial charge in [0.05, 0.1) is 12.5 Å². The van der Waals surface area contributed by atoms with Crippen LogP contribution in [0.4, 0.5) is 0 Å². The summed E-state index contributed by atoms with van der Waals surface area (Å²) in [5.74, 6) is 0.622. The van der Waals surface area contributed by atoms with Crippen LogP contribution >= 0.6 is 0 Å². The molecule has 0 saturated heterocycles. The number of rotatable bonds is 4. The Morgan fingerprint density at radius 3 is 2.26 bits per heavy atom. The first kappa shape index (κ1) is 38.5. The molecule has 0 aliphatic heterocycles. The predicted molar refractivity (Wildman–Crippen MR) is 208 cm³/mol. The van der Waals surface area contributed by atoms with Crippen molar-refractivity contribution in [2.45, 2.75) is 126 Å². The fraction of sp³-hybridized carbons (Fsp3) is 0.556. The summed E-state index contributed by atoms with van der Waals surface area (Å²) in [5, 5.41) is 41.1. The van der Waals surface area contributed by atoms with Gasteiger partial charge in [-0.25, -0.2) is 0 Å². The molecule has 4 aliphatic carbocycles. The molecule has 53 heavy (non-hydrogen) atoms. The first-order valence-corrected chi connectivity index (χ1v) is 19.1. The summed E-state index contributed by atoms with van der Waals surface area (Å²) in [6.07, 6.45) is 12.6. The van der Waals surface area contributed by atoms with Crippen LogP contribution in [0.1, 0.15) is 121 Å². The van der Waals surface area contributed by atoms with Gasteiger partial charge in [-0.3, -0.25) is 9.59 Å². The number of benzene rings is 2. The Labute approximate surface area is 313 Å². The number of ether oxygens (including phenoxy) is 1. The molecule has 7 rings (SSSR count). The van der Waals surface area contributed by atoms with Crippen LogP contribution in [0.2, 0.25) is 0 Å². The van der Waals surface area contributed by atoms with Gasteiger partial charge in [0.15, 0.2) is 16.9 Å². The minimum atomic E-state index is -0.641. The Morgan fingerprint density at radius 1 is 0.943 bits per heavy atom. The Hall–Kier alpha value is -4.20. The van der Waals surface area contributed by atoms with Gasteiger partial charge >= 0.3 is 5.97 Å². The summed E-state index contributed by atoms with van der Waals surface area (Å²) in [4.78, 5) is 24.3. The number of phenolic OH excluding ortho intramolecular Hbond substituents is 3. The highest BCUT2D eigenvalue weighted by molar-refractivity contribution is 5.88. The molecule has 1 aromatic heterocycles. The molecule has 4 N–H and O–H groups in total. The third-order valence-corrected chi connectivity index (χ3v) is 14.7. The van der Waals surface area contributed by atoms with Crippen molar-refractivity contribution in [1.29, 1.82) is 0 Å². The van der Waals surface area contributed by atoms with E-state index in [1.54, 1.807) is 6.92 Å². The zero-order valence-corrected chi connectivity index (χ0v) is 33.2. The van der Waals surface area contributed by atoms with Crippen molar-refractivity contribution in [1.82, 2.24) is 0 Å². The average molecular weight is 727 g/mol. The van der Waals surface area contributed by atoms with Crippen LogP contribution in [0.3, 0.4) is 0 Å². The van der Waals surface area contributed by atoms with Crippen LogP contribution in [-0.2, 0) is 23.1 Å². The molecule has 3 saturated carbocycles. The molecule has 0 radical (unpaired) electrons. The number of carboxylic acids is 1.